The van der Waals surface area contributed by atoms with Gasteiger partial charge in [0.2, 0.25) is 5.91 Å². The van der Waals surface area contributed by atoms with Crippen LogP contribution in [0.5, 0.6) is 5.75 Å². The second-order valence-corrected chi connectivity index (χ2v) is 8.53. The monoisotopic (exact) mass is 470 g/mol. The van der Waals surface area contributed by atoms with Gasteiger partial charge in [0.1, 0.15) is 11.6 Å². The third-order valence-electron chi connectivity index (χ3n) is 5.51. The maximum atomic E-state index is 13.6. The highest BCUT2D eigenvalue weighted by Gasteiger charge is 2.23. The Labute approximate surface area is 196 Å². The molecule has 1 atom stereocenters. The van der Waals surface area contributed by atoms with E-state index in [0.717, 1.165) is 24.4 Å². The highest BCUT2D eigenvalue weighted by Crippen LogP contribution is 2.24. The smallest absolute Gasteiger partial charge is 0.230 e. The van der Waals surface area contributed by atoms with Crippen molar-refractivity contribution < 1.29 is 18.7 Å². The fourth-order valence-electron chi connectivity index (χ4n) is 3.78. The first-order valence-electron chi connectivity index (χ1n) is 10.8. The Bertz CT molecular complexity index is 1050. The van der Waals surface area contributed by atoms with Gasteiger partial charge >= 0.3 is 0 Å². The van der Waals surface area contributed by atoms with Crippen LogP contribution in [0.15, 0.2) is 66.1 Å². The van der Waals surface area contributed by atoms with Crippen molar-refractivity contribution in [1.82, 2.24) is 19.8 Å². The van der Waals surface area contributed by atoms with Crippen LogP contribution in [0.3, 0.4) is 0 Å². The van der Waals surface area contributed by atoms with E-state index in [9.17, 15) is 9.18 Å². The molecule has 4 rings (SSSR count). The van der Waals surface area contributed by atoms with E-state index in [1.54, 1.807) is 36.2 Å². The number of thioether (sulfide) groups is 1. The van der Waals surface area contributed by atoms with Gasteiger partial charge < -0.3 is 14.8 Å². The largest absolute Gasteiger partial charge is 0.497 e. The van der Waals surface area contributed by atoms with Gasteiger partial charge in [-0.1, -0.05) is 30.0 Å². The molecule has 1 aliphatic heterocycles. The molecular weight excluding hydrogens is 443 g/mol. The Morgan fingerprint density at radius 3 is 2.76 bits per heavy atom. The summed E-state index contributed by atoms with van der Waals surface area (Å²) in [7, 11) is 1.64. The quantitative estimate of drug-likeness (QED) is 0.484. The molecule has 1 aliphatic rings. The van der Waals surface area contributed by atoms with E-state index in [4.69, 9.17) is 9.47 Å². The number of hydrogen-bond donors (Lipinski definition) is 1. The lowest BCUT2D eigenvalue weighted by molar-refractivity contribution is -0.118. The normalized spacial score (nSPS) is 15.2. The number of halogens is 1. The molecule has 0 spiro atoms. The summed E-state index contributed by atoms with van der Waals surface area (Å²) in [6.45, 7) is 3.47. The highest BCUT2D eigenvalue weighted by molar-refractivity contribution is 7.99. The number of ether oxygens (including phenoxy) is 2. The number of benzene rings is 2. The van der Waals surface area contributed by atoms with Gasteiger partial charge in [-0.2, -0.15) is 0 Å². The predicted molar refractivity (Wildman–Crippen MR) is 125 cm³/mol. The van der Waals surface area contributed by atoms with Gasteiger partial charge in [0, 0.05) is 32.0 Å². The lowest BCUT2D eigenvalue weighted by atomic mass is 10.0. The van der Waals surface area contributed by atoms with E-state index in [0.29, 0.717) is 30.6 Å². The predicted octanol–water partition coefficient (Wildman–Crippen LogP) is 3.30. The third kappa shape index (κ3) is 6.13. The van der Waals surface area contributed by atoms with Crippen LogP contribution in [-0.4, -0.2) is 66.1 Å². The average molecular weight is 471 g/mol. The van der Waals surface area contributed by atoms with Gasteiger partial charge in [-0.25, -0.2) is 9.37 Å². The second-order valence-electron chi connectivity index (χ2n) is 7.59. The molecule has 1 aromatic heterocycles. The van der Waals surface area contributed by atoms with Crippen LogP contribution in [-0.2, 0) is 9.53 Å². The maximum absolute atomic E-state index is 13.6. The van der Waals surface area contributed by atoms with E-state index in [-0.39, 0.29) is 23.5 Å². The van der Waals surface area contributed by atoms with Crippen LogP contribution < -0.4 is 10.1 Å². The number of carbonyl (C=O) groups is 1. The molecule has 1 fully saturated rings. The average Bonchev–Trinajstić information content (AvgIpc) is 3.33. The number of hydrogen-bond acceptors (Lipinski definition) is 6. The Morgan fingerprint density at radius 1 is 1.24 bits per heavy atom. The Kier molecular flexibility index (Phi) is 7.98. The van der Waals surface area contributed by atoms with E-state index >= 15 is 0 Å². The van der Waals surface area contributed by atoms with E-state index in [1.807, 2.05) is 24.3 Å². The van der Waals surface area contributed by atoms with Crippen LogP contribution in [0.2, 0.25) is 0 Å². The molecule has 0 aliphatic carbocycles. The Balaban J connectivity index is 1.37. The first-order chi connectivity index (χ1) is 16.1. The fourth-order valence-corrected chi connectivity index (χ4v) is 4.59. The van der Waals surface area contributed by atoms with E-state index < -0.39 is 0 Å². The zero-order valence-electron chi connectivity index (χ0n) is 18.4. The van der Waals surface area contributed by atoms with Gasteiger partial charge in [0.25, 0.3) is 0 Å². The molecule has 7 nitrogen and oxygen atoms in total. The summed E-state index contributed by atoms with van der Waals surface area (Å²) >= 11 is 1.32. The molecule has 2 aromatic carbocycles. The van der Waals surface area contributed by atoms with Crippen molar-refractivity contribution in [2.45, 2.75) is 11.2 Å². The van der Waals surface area contributed by atoms with Crippen molar-refractivity contribution in [3.05, 3.63) is 72.3 Å². The minimum absolute atomic E-state index is 0.0445. The summed E-state index contributed by atoms with van der Waals surface area (Å²) < 4.78 is 26.1. The van der Waals surface area contributed by atoms with Crippen LogP contribution in [0.1, 0.15) is 11.6 Å². The molecule has 0 radical (unpaired) electrons. The van der Waals surface area contributed by atoms with Crippen molar-refractivity contribution in [1.29, 1.82) is 0 Å². The summed E-state index contributed by atoms with van der Waals surface area (Å²) in [6.07, 6.45) is 3.40. The molecule has 9 heteroatoms. The van der Waals surface area contributed by atoms with Gasteiger partial charge in [-0.3, -0.25) is 14.3 Å². The maximum Gasteiger partial charge on any atom is 0.230 e. The topological polar surface area (TPSA) is 68.6 Å². The number of morpholine rings is 1. The van der Waals surface area contributed by atoms with E-state index in [1.165, 1.54) is 23.9 Å². The number of methoxy groups -OCH3 is 1. The van der Waals surface area contributed by atoms with Crippen LogP contribution in [0.4, 0.5) is 4.39 Å². The van der Waals surface area contributed by atoms with Gasteiger partial charge in [0.05, 0.1) is 37.8 Å². The molecule has 174 valence electrons. The molecular formula is C24H27FN4O3S. The molecule has 1 N–H and O–H groups in total. The minimum Gasteiger partial charge on any atom is -0.497 e. The first kappa shape index (κ1) is 23.3. The van der Waals surface area contributed by atoms with Crippen molar-refractivity contribution in [3.63, 3.8) is 0 Å². The van der Waals surface area contributed by atoms with Gasteiger partial charge in [-0.15, -0.1) is 0 Å². The van der Waals surface area contributed by atoms with Crippen molar-refractivity contribution >= 4 is 17.7 Å². The molecule has 0 bridgehead atoms. The number of aromatic nitrogens is 2. The number of amides is 1. The zero-order chi connectivity index (χ0) is 23.0. The Hall–Kier alpha value is -2.88. The summed E-state index contributed by atoms with van der Waals surface area (Å²) in [5.74, 6) is 0.613. The molecule has 2 heterocycles. The zero-order valence-corrected chi connectivity index (χ0v) is 19.3. The number of rotatable bonds is 9. The number of imidazole rings is 1. The number of nitrogens with zero attached hydrogens (tertiary/aromatic N) is 3. The molecule has 3 aromatic rings. The van der Waals surface area contributed by atoms with Gasteiger partial charge in [0.15, 0.2) is 5.16 Å². The summed E-state index contributed by atoms with van der Waals surface area (Å²) in [5, 5.41) is 3.70. The van der Waals surface area contributed by atoms with Crippen LogP contribution >= 0.6 is 11.8 Å². The molecule has 33 heavy (non-hydrogen) atoms. The molecule has 1 saturated heterocycles. The molecule has 0 unspecified atom stereocenters. The molecule has 0 saturated carbocycles. The van der Waals surface area contributed by atoms with Crippen LogP contribution in [0, 0.1) is 5.82 Å². The second kappa shape index (κ2) is 11.3. The first-order valence-corrected chi connectivity index (χ1v) is 11.8. The van der Waals surface area contributed by atoms with Crippen molar-refractivity contribution in [2.75, 3.05) is 45.7 Å². The fraction of sp³-hybridized carbons (Fsp3) is 0.333. The lowest BCUT2D eigenvalue weighted by Crippen LogP contribution is -2.44. The summed E-state index contributed by atoms with van der Waals surface area (Å²) in [5.41, 5.74) is 1.79. The summed E-state index contributed by atoms with van der Waals surface area (Å²) in [6, 6.07) is 14.3. The highest BCUT2D eigenvalue weighted by atomic mass is 32.2. The minimum atomic E-state index is -0.317. The number of nitrogens with one attached hydrogen (secondary N) is 1. The standard InChI is InChI=1S/C24H27FN4O3S/c1-31-21-7-5-18(6-8-21)22(28-11-13-32-14-12-28)16-27-23(30)17-33-24-26-9-10-29(24)20-4-2-3-19(25)15-20/h2-10,15,22H,11-14,16-17H2,1H3,(H,27,30)/t22-/m0/s1. The SMILES string of the molecule is COc1ccc([C@H](CNC(=O)CSc2nccn2-c2cccc(F)c2)N2CCOCC2)cc1. The Morgan fingerprint density at radius 2 is 2.03 bits per heavy atom. The third-order valence-corrected chi connectivity index (χ3v) is 6.47. The van der Waals surface area contributed by atoms with Gasteiger partial charge in [-0.05, 0) is 35.9 Å². The van der Waals surface area contributed by atoms with Crippen molar-refractivity contribution in [2.24, 2.45) is 0 Å². The number of carbonyl (C=O) groups excluding carboxylic acids is 1. The van der Waals surface area contributed by atoms with E-state index in [2.05, 4.69) is 15.2 Å². The summed E-state index contributed by atoms with van der Waals surface area (Å²) in [4.78, 5) is 19.3. The lowest BCUT2D eigenvalue weighted by Gasteiger charge is -2.35. The van der Waals surface area contributed by atoms with Crippen LogP contribution in [0.25, 0.3) is 5.69 Å². The van der Waals surface area contributed by atoms with Crippen molar-refractivity contribution in [3.8, 4) is 11.4 Å². The molecule has 1 amide bonds.